The fraction of sp³-hybridized carbons (Fsp3) is 0.435. The minimum Gasteiger partial charge on any atom is -0.369 e. The van der Waals surface area contributed by atoms with Crippen LogP contribution in [0.15, 0.2) is 34.1 Å². The summed E-state index contributed by atoms with van der Waals surface area (Å²) in [6, 6.07) is 5.53. The van der Waals surface area contributed by atoms with Gasteiger partial charge in [-0.05, 0) is 43.9 Å². The first kappa shape index (κ1) is 22.1. The summed E-state index contributed by atoms with van der Waals surface area (Å²) in [7, 11) is 0. The van der Waals surface area contributed by atoms with Crippen molar-refractivity contribution in [1.29, 1.82) is 0 Å². The highest BCUT2D eigenvalue weighted by atomic mass is 32.2. The van der Waals surface area contributed by atoms with Gasteiger partial charge in [0.1, 0.15) is 15.8 Å². The van der Waals surface area contributed by atoms with Crippen molar-refractivity contribution in [1.82, 2.24) is 14.3 Å². The minimum atomic E-state index is -0.294. The maximum absolute atomic E-state index is 13.5. The Morgan fingerprint density at radius 2 is 1.88 bits per heavy atom. The van der Waals surface area contributed by atoms with Gasteiger partial charge in [0.2, 0.25) is 5.91 Å². The normalized spacial score (nSPS) is 21.6. The second-order valence-corrected chi connectivity index (χ2v) is 10.4. The lowest BCUT2D eigenvalue weighted by Crippen LogP contribution is -2.40. The second kappa shape index (κ2) is 8.90. The third kappa shape index (κ3) is 4.06. The van der Waals surface area contributed by atoms with E-state index in [0.717, 1.165) is 25.7 Å². The van der Waals surface area contributed by atoms with Crippen LogP contribution in [0.4, 0.5) is 5.82 Å². The number of hydrogen-bond donors (Lipinski definition) is 1. The van der Waals surface area contributed by atoms with Crippen LogP contribution in [0.5, 0.6) is 0 Å². The molecule has 0 aromatic carbocycles. The molecule has 2 N–H and O–H groups in total. The van der Waals surface area contributed by atoms with Gasteiger partial charge in [0, 0.05) is 31.2 Å². The first-order chi connectivity index (χ1) is 15.9. The van der Waals surface area contributed by atoms with Crippen LogP contribution in [0, 0.1) is 5.92 Å². The number of carbonyl (C=O) groups excluding carboxylic acids is 2. The number of nitrogens with two attached hydrogens (primary N) is 1. The van der Waals surface area contributed by atoms with Gasteiger partial charge in [-0.25, -0.2) is 4.98 Å². The van der Waals surface area contributed by atoms with Crippen LogP contribution in [-0.2, 0) is 9.59 Å². The van der Waals surface area contributed by atoms with E-state index in [1.165, 1.54) is 16.2 Å². The minimum absolute atomic E-state index is 0.132. The van der Waals surface area contributed by atoms with E-state index in [1.807, 2.05) is 11.0 Å². The number of primary amides is 1. The predicted molar refractivity (Wildman–Crippen MR) is 133 cm³/mol. The SMILES string of the molecule is NC(=O)C1CCN(c2nc3ccccn3c(=O)c2/C=C2/SC(=S)N(C3CCCC3)C2=O)CC1. The molecule has 1 saturated carbocycles. The fourth-order valence-electron chi connectivity index (χ4n) is 4.92. The molecular weight excluding hydrogens is 458 g/mol. The Labute approximate surface area is 200 Å². The molecule has 5 rings (SSSR count). The number of pyridine rings is 1. The van der Waals surface area contributed by atoms with E-state index in [-0.39, 0.29) is 29.3 Å². The van der Waals surface area contributed by atoms with Gasteiger partial charge in [-0.2, -0.15) is 0 Å². The molecule has 33 heavy (non-hydrogen) atoms. The zero-order chi connectivity index (χ0) is 23.1. The number of fused-ring (bicyclic) bond motifs is 1. The van der Waals surface area contributed by atoms with Crippen LogP contribution in [0.2, 0.25) is 0 Å². The molecule has 0 atom stereocenters. The lowest BCUT2D eigenvalue weighted by molar-refractivity contribution is -0.124. The summed E-state index contributed by atoms with van der Waals surface area (Å²) >= 11 is 6.78. The lowest BCUT2D eigenvalue weighted by Gasteiger charge is -2.32. The van der Waals surface area contributed by atoms with Gasteiger partial charge in [-0.1, -0.05) is 42.9 Å². The number of aromatic nitrogens is 2. The Balaban J connectivity index is 1.56. The zero-order valence-electron chi connectivity index (χ0n) is 18.1. The van der Waals surface area contributed by atoms with Crippen molar-refractivity contribution >= 4 is 57.7 Å². The van der Waals surface area contributed by atoms with Gasteiger partial charge >= 0.3 is 0 Å². The van der Waals surface area contributed by atoms with Gasteiger partial charge in [-0.3, -0.25) is 23.7 Å². The maximum atomic E-state index is 13.5. The molecule has 0 spiro atoms. The molecule has 3 fully saturated rings. The largest absolute Gasteiger partial charge is 0.369 e. The van der Waals surface area contributed by atoms with E-state index in [0.29, 0.717) is 52.2 Å². The third-order valence-electron chi connectivity index (χ3n) is 6.73. The quantitative estimate of drug-likeness (QED) is 0.527. The Bertz CT molecular complexity index is 1230. The molecule has 2 amide bonds. The summed E-state index contributed by atoms with van der Waals surface area (Å²) in [6.45, 7) is 1.12. The molecule has 0 unspecified atom stereocenters. The Morgan fingerprint density at radius 3 is 2.58 bits per heavy atom. The first-order valence-corrected chi connectivity index (χ1v) is 12.5. The lowest BCUT2D eigenvalue weighted by atomic mass is 9.96. The Kier molecular flexibility index (Phi) is 5.96. The zero-order valence-corrected chi connectivity index (χ0v) is 19.7. The van der Waals surface area contributed by atoms with Crippen molar-refractivity contribution in [3.05, 3.63) is 45.2 Å². The molecule has 2 saturated heterocycles. The molecule has 2 aromatic rings. The first-order valence-electron chi connectivity index (χ1n) is 11.3. The second-order valence-electron chi connectivity index (χ2n) is 8.74. The van der Waals surface area contributed by atoms with Crippen LogP contribution in [0.25, 0.3) is 11.7 Å². The smallest absolute Gasteiger partial charge is 0.267 e. The molecule has 10 heteroatoms. The van der Waals surface area contributed by atoms with Crippen molar-refractivity contribution in [2.24, 2.45) is 11.7 Å². The number of carbonyl (C=O) groups is 2. The van der Waals surface area contributed by atoms with E-state index >= 15 is 0 Å². The Hall–Kier alpha value is -2.72. The number of hydrogen-bond acceptors (Lipinski definition) is 7. The molecule has 0 bridgehead atoms. The molecule has 2 aliphatic heterocycles. The summed E-state index contributed by atoms with van der Waals surface area (Å²) in [4.78, 5) is 47.3. The van der Waals surface area contributed by atoms with Crippen molar-refractivity contribution in [2.75, 3.05) is 18.0 Å². The van der Waals surface area contributed by atoms with Gasteiger partial charge in [-0.15, -0.1) is 0 Å². The van der Waals surface area contributed by atoms with Crippen molar-refractivity contribution in [3.8, 4) is 0 Å². The highest BCUT2D eigenvalue weighted by Gasteiger charge is 2.38. The average molecular weight is 484 g/mol. The predicted octanol–water partition coefficient (Wildman–Crippen LogP) is 2.54. The van der Waals surface area contributed by atoms with Crippen molar-refractivity contribution in [2.45, 2.75) is 44.6 Å². The van der Waals surface area contributed by atoms with Crippen LogP contribution >= 0.6 is 24.0 Å². The molecular formula is C23H25N5O3S2. The molecule has 4 heterocycles. The molecule has 172 valence electrons. The van der Waals surface area contributed by atoms with Gasteiger partial charge in [0.25, 0.3) is 11.5 Å². The molecule has 0 radical (unpaired) electrons. The summed E-state index contributed by atoms with van der Waals surface area (Å²) in [5.41, 5.74) is 6.15. The summed E-state index contributed by atoms with van der Waals surface area (Å²) in [5, 5.41) is 0. The van der Waals surface area contributed by atoms with Gasteiger partial charge < -0.3 is 10.6 Å². The van der Waals surface area contributed by atoms with E-state index in [1.54, 1.807) is 29.3 Å². The molecule has 3 aliphatic rings. The number of amides is 2. The highest BCUT2D eigenvalue weighted by Crippen LogP contribution is 2.38. The molecule has 8 nitrogen and oxygen atoms in total. The summed E-state index contributed by atoms with van der Waals surface area (Å²) < 4.78 is 2.04. The maximum Gasteiger partial charge on any atom is 0.267 e. The summed E-state index contributed by atoms with van der Waals surface area (Å²) in [5.74, 6) is -0.0704. The van der Waals surface area contributed by atoms with Crippen LogP contribution in [0.1, 0.15) is 44.1 Å². The van der Waals surface area contributed by atoms with Crippen LogP contribution in [-0.4, -0.2) is 49.6 Å². The topological polar surface area (TPSA) is 101 Å². The van der Waals surface area contributed by atoms with E-state index in [9.17, 15) is 14.4 Å². The summed E-state index contributed by atoms with van der Waals surface area (Å²) in [6.07, 6.45) is 8.65. The highest BCUT2D eigenvalue weighted by molar-refractivity contribution is 8.26. The molecule has 1 aliphatic carbocycles. The number of thioether (sulfide) groups is 1. The van der Waals surface area contributed by atoms with Crippen LogP contribution in [0.3, 0.4) is 0 Å². The monoisotopic (exact) mass is 483 g/mol. The van der Waals surface area contributed by atoms with Gasteiger partial charge in [0.15, 0.2) is 0 Å². The number of thiocarbonyl (C=S) groups is 1. The number of nitrogens with zero attached hydrogens (tertiary/aromatic N) is 4. The van der Waals surface area contributed by atoms with Crippen molar-refractivity contribution < 1.29 is 9.59 Å². The number of anilines is 1. The number of piperidine rings is 1. The van der Waals surface area contributed by atoms with Gasteiger partial charge in [0.05, 0.1) is 10.5 Å². The third-order valence-corrected chi connectivity index (χ3v) is 8.07. The van der Waals surface area contributed by atoms with E-state index in [2.05, 4.69) is 0 Å². The van der Waals surface area contributed by atoms with Crippen molar-refractivity contribution in [3.63, 3.8) is 0 Å². The Morgan fingerprint density at radius 1 is 1.15 bits per heavy atom. The fourth-order valence-corrected chi connectivity index (χ4v) is 6.30. The number of rotatable bonds is 4. The van der Waals surface area contributed by atoms with E-state index in [4.69, 9.17) is 22.9 Å². The standard InChI is InChI=1S/C23H25N5O3S2/c24-19(29)14-8-11-26(12-9-14)20-16(21(30)27-10-4-3-7-18(27)25-20)13-17-22(31)28(23(32)33-17)15-5-1-2-6-15/h3-4,7,10,13-15H,1-2,5-6,8-9,11-12H2,(H2,24,29)/b17-13+. The van der Waals surface area contributed by atoms with E-state index < -0.39 is 0 Å². The average Bonchev–Trinajstić information content (AvgIpc) is 3.43. The molecule has 2 aromatic heterocycles. The van der Waals surface area contributed by atoms with Crippen LogP contribution < -0.4 is 16.2 Å².